The minimum Gasteiger partial charge on any atom is -0.384 e. The van der Waals surface area contributed by atoms with Gasteiger partial charge in [0.15, 0.2) is 0 Å². The number of methoxy groups -OCH3 is 1. The van der Waals surface area contributed by atoms with E-state index in [1.54, 1.807) is 7.11 Å². The van der Waals surface area contributed by atoms with E-state index in [-0.39, 0.29) is 5.41 Å². The lowest BCUT2D eigenvalue weighted by Crippen LogP contribution is -2.33. The van der Waals surface area contributed by atoms with Gasteiger partial charge in [-0.1, -0.05) is 31.4 Å². The smallest absolute Gasteiger partial charge is 0.0991 e. The van der Waals surface area contributed by atoms with E-state index in [0.29, 0.717) is 0 Å². The number of rotatable bonds is 3. The summed E-state index contributed by atoms with van der Waals surface area (Å²) < 4.78 is 5.43. The van der Waals surface area contributed by atoms with Gasteiger partial charge in [0.25, 0.3) is 0 Å². The highest BCUT2D eigenvalue weighted by Gasteiger charge is 2.33. The summed E-state index contributed by atoms with van der Waals surface area (Å²) in [7, 11) is 1.78. The van der Waals surface area contributed by atoms with Crippen LogP contribution in [0.4, 0.5) is 0 Å². The first kappa shape index (κ1) is 12.1. The molecule has 90 valence electrons. The van der Waals surface area contributed by atoms with Crippen LogP contribution in [0.15, 0.2) is 24.3 Å². The highest BCUT2D eigenvalue weighted by molar-refractivity contribution is 5.35. The molecule has 0 aliphatic heterocycles. The second-order valence-electron chi connectivity index (χ2n) is 4.96. The van der Waals surface area contributed by atoms with Gasteiger partial charge in [0.1, 0.15) is 0 Å². The Morgan fingerprint density at radius 2 is 1.82 bits per heavy atom. The van der Waals surface area contributed by atoms with Crippen LogP contribution in [-0.2, 0) is 10.2 Å². The molecule has 1 aromatic rings. The number of hydrogen-bond donors (Lipinski definition) is 0. The van der Waals surface area contributed by atoms with Crippen LogP contribution >= 0.6 is 0 Å². The van der Waals surface area contributed by atoms with Gasteiger partial charge in [0.2, 0.25) is 0 Å². The van der Waals surface area contributed by atoms with Gasteiger partial charge in [-0.3, -0.25) is 0 Å². The molecule has 0 bridgehead atoms. The fourth-order valence-corrected chi connectivity index (χ4v) is 2.92. The Bertz CT molecular complexity index is 390. The predicted molar refractivity (Wildman–Crippen MR) is 67.8 cm³/mol. The van der Waals surface area contributed by atoms with Gasteiger partial charge in [-0.15, -0.1) is 0 Å². The molecule has 0 unspecified atom stereocenters. The molecule has 0 heterocycles. The first-order valence-corrected chi connectivity index (χ1v) is 6.30. The molecule has 2 rings (SSSR count). The summed E-state index contributed by atoms with van der Waals surface area (Å²) in [5, 5.41) is 8.83. The second kappa shape index (κ2) is 5.33. The molecule has 17 heavy (non-hydrogen) atoms. The lowest BCUT2D eigenvalue weighted by molar-refractivity contribution is 0.103. The summed E-state index contributed by atoms with van der Waals surface area (Å²) in [5.41, 5.74) is 2.25. The zero-order valence-electron chi connectivity index (χ0n) is 10.4. The van der Waals surface area contributed by atoms with Crippen LogP contribution in [-0.4, -0.2) is 13.7 Å². The van der Waals surface area contributed by atoms with E-state index in [9.17, 15) is 0 Å². The minimum absolute atomic E-state index is 0.182. The zero-order valence-corrected chi connectivity index (χ0v) is 10.4. The summed E-state index contributed by atoms with van der Waals surface area (Å²) in [6.07, 6.45) is 6.30. The summed E-state index contributed by atoms with van der Waals surface area (Å²) >= 11 is 0. The molecule has 1 saturated carbocycles. The van der Waals surface area contributed by atoms with E-state index in [0.717, 1.165) is 12.2 Å². The third-order valence-corrected chi connectivity index (χ3v) is 3.86. The molecule has 0 amide bonds. The van der Waals surface area contributed by atoms with Crippen molar-refractivity contribution in [2.75, 3.05) is 13.7 Å². The van der Waals surface area contributed by atoms with Gasteiger partial charge in [0, 0.05) is 12.5 Å². The Balaban J connectivity index is 2.28. The van der Waals surface area contributed by atoms with Crippen molar-refractivity contribution in [2.45, 2.75) is 37.5 Å². The van der Waals surface area contributed by atoms with E-state index >= 15 is 0 Å². The molecular formula is C15H19NO. The number of nitriles is 1. The predicted octanol–water partition coefficient (Wildman–Crippen LogP) is 3.41. The number of ether oxygens (including phenoxy) is 1. The molecule has 0 spiro atoms. The van der Waals surface area contributed by atoms with E-state index in [1.165, 1.54) is 37.7 Å². The highest BCUT2D eigenvalue weighted by Crippen LogP contribution is 2.39. The van der Waals surface area contributed by atoms with Gasteiger partial charge >= 0.3 is 0 Å². The van der Waals surface area contributed by atoms with Crippen molar-refractivity contribution in [2.24, 2.45) is 0 Å². The molecule has 1 aliphatic rings. The van der Waals surface area contributed by atoms with Crippen LogP contribution in [0.3, 0.4) is 0 Å². The van der Waals surface area contributed by atoms with Crippen molar-refractivity contribution in [3.63, 3.8) is 0 Å². The topological polar surface area (TPSA) is 33.0 Å². The van der Waals surface area contributed by atoms with Crippen molar-refractivity contribution >= 4 is 0 Å². The Labute approximate surface area is 103 Å². The van der Waals surface area contributed by atoms with Crippen LogP contribution in [0.1, 0.15) is 43.2 Å². The fourth-order valence-electron chi connectivity index (χ4n) is 2.92. The first-order valence-electron chi connectivity index (χ1n) is 6.30. The molecular weight excluding hydrogens is 210 g/mol. The van der Waals surface area contributed by atoms with Crippen LogP contribution in [0.25, 0.3) is 0 Å². The Morgan fingerprint density at radius 3 is 2.35 bits per heavy atom. The Morgan fingerprint density at radius 1 is 1.18 bits per heavy atom. The van der Waals surface area contributed by atoms with Crippen LogP contribution in [0.2, 0.25) is 0 Å². The van der Waals surface area contributed by atoms with Crippen molar-refractivity contribution < 1.29 is 4.74 Å². The van der Waals surface area contributed by atoms with Gasteiger partial charge in [-0.2, -0.15) is 5.26 Å². The standard InChI is InChI=1S/C15H19NO/c1-17-12-15(9-3-2-4-10-15)14-7-5-13(11-16)6-8-14/h5-8H,2-4,9-10,12H2,1H3. The maximum atomic E-state index is 8.83. The molecule has 2 nitrogen and oxygen atoms in total. The van der Waals surface area contributed by atoms with Gasteiger partial charge in [-0.05, 0) is 30.5 Å². The Kier molecular flexibility index (Phi) is 3.81. The molecule has 0 atom stereocenters. The maximum Gasteiger partial charge on any atom is 0.0991 e. The van der Waals surface area contributed by atoms with E-state index in [2.05, 4.69) is 18.2 Å². The monoisotopic (exact) mass is 229 g/mol. The lowest BCUT2D eigenvalue weighted by Gasteiger charge is -2.37. The van der Waals surface area contributed by atoms with E-state index in [1.807, 2.05) is 12.1 Å². The van der Waals surface area contributed by atoms with Crippen LogP contribution in [0.5, 0.6) is 0 Å². The van der Waals surface area contributed by atoms with Gasteiger partial charge in [0.05, 0.1) is 18.2 Å². The van der Waals surface area contributed by atoms with Crippen molar-refractivity contribution in [3.8, 4) is 6.07 Å². The molecule has 0 aromatic heterocycles. The molecule has 2 heteroatoms. The average molecular weight is 229 g/mol. The zero-order chi connectivity index (χ0) is 12.1. The third kappa shape index (κ3) is 2.50. The average Bonchev–Trinajstić information content (AvgIpc) is 2.40. The summed E-state index contributed by atoms with van der Waals surface area (Å²) in [6, 6.07) is 10.2. The van der Waals surface area contributed by atoms with Crippen LogP contribution < -0.4 is 0 Å². The minimum atomic E-state index is 0.182. The SMILES string of the molecule is COCC1(c2ccc(C#N)cc2)CCCCC1. The van der Waals surface area contributed by atoms with E-state index in [4.69, 9.17) is 10.00 Å². The van der Waals surface area contributed by atoms with Crippen molar-refractivity contribution in [1.29, 1.82) is 5.26 Å². The molecule has 0 N–H and O–H groups in total. The largest absolute Gasteiger partial charge is 0.384 e. The highest BCUT2D eigenvalue weighted by atomic mass is 16.5. The Hall–Kier alpha value is -1.33. The van der Waals surface area contributed by atoms with E-state index < -0.39 is 0 Å². The first-order chi connectivity index (χ1) is 8.30. The normalized spacial score (nSPS) is 18.6. The maximum absolute atomic E-state index is 8.83. The summed E-state index contributed by atoms with van der Waals surface area (Å²) in [5.74, 6) is 0. The lowest BCUT2D eigenvalue weighted by atomic mass is 9.70. The number of hydrogen-bond acceptors (Lipinski definition) is 2. The number of nitrogens with zero attached hydrogens (tertiary/aromatic N) is 1. The molecule has 1 aromatic carbocycles. The van der Waals surface area contributed by atoms with Gasteiger partial charge < -0.3 is 4.74 Å². The molecule has 1 fully saturated rings. The molecule has 1 aliphatic carbocycles. The second-order valence-corrected chi connectivity index (χ2v) is 4.96. The molecule has 0 saturated heterocycles. The van der Waals surface area contributed by atoms with Crippen molar-refractivity contribution in [3.05, 3.63) is 35.4 Å². The fraction of sp³-hybridized carbons (Fsp3) is 0.533. The summed E-state index contributed by atoms with van der Waals surface area (Å²) in [6.45, 7) is 0.791. The number of benzene rings is 1. The quantitative estimate of drug-likeness (QED) is 0.795. The van der Waals surface area contributed by atoms with Crippen LogP contribution in [0, 0.1) is 11.3 Å². The molecule has 0 radical (unpaired) electrons. The van der Waals surface area contributed by atoms with Gasteiger partial charge in [-0.25, -0.2) is 0 Å². The van der Waals surface area contributed by atoms with Crippen molar-refractivity contribution in [1.82, 2.24) is 0 Å². The summed E-state index contributed by atoms with van der Waals surface area (Å²) in [4.78, 5) is 0. The third-order valence-electron chi connectivity index (χ3n) is 3.86.